The van der Waals surface area contributed by atoms with Gasteiger partial charge in [-0.2, -0.15) is 0 Å². The Morgan fingerprint density at radius 2 is 2.04 bits per heavy atom. The zero-order valence-corrected chi connectivity index (χ0v) is 14.8. The van der Waals surface area contributed by atoms with Gasteiger partial charge in [0.05, 0.1) is 5.92 Å². The number of carbonyl (C=O) groups excluding carboxylic acids is 2. The monoisotopic (exact) mass is 339 g/mol. The largest absolute Gasteiger partial charge is 0.355 e. The van der Waals surface area contributed by atoms with Crippen LogP contribution >= 0.6 is 12.4 Å². The van der Waals surface area contributed by atoms with Crippen LogP contribution in [-0.4, -0.2) is 38.0 Å². The van der Waals surface area contributed by atoms with Crippen molar-refractivity contribution in [3.63, 3.8) is 0 Å². The van der Waals surface area contributed by atoms with Crippen molar-refractivity contribution < 1.29 is 9.59 Å². The molecule has 1 atom stereocenters. The predicted octanol–water partition coefficient (Wildman–Crippen LogP) is 1.80. The van der Waals surface area contributed by atoms with Gasteiger partial charge in [-0.3, -0.25) is 9.59 Å². The zero-order chi connectivity index (χ0) is 16.1. The van der Waals surface area contributed by atoms with Gasteiger partial charge < -0.3 is 15.5 Å². The molecular weight excluding hydrogens is 314 g/mol. The fourth-order valence-corrected chi connectivity index (χ4v) is 2.74. The molecule has 2 rings (SSSR count). The highest BCUT2D eigenvalue weighted by Crippen LogP contribution is 2.29. The molecule has 1 aliphatic rings. The smallest absolute Gasteiger partial charge is 0.227 e. The Morgan fingerprint density at radius 1 is 1.30 bits per heavy atom. The summed E-state index contributed by atoms with van der Waals surface area (Å²) in [7, 11) is 0. The molecule has 2 N–H and O–H groups in total. The second kappa shape index (κ2) is 8.89. The van der Waals surface area contributed by atoms with E-state index in [4.69, 9.17) is 0 Å². The van der Waals surface area contributed by atoms with Gasteiger partial charge in [0, 0.05) is 31.7 Å². The van der Waals surface area contributed by atoms with Crippen molar-refractivity contribution in [3.8, 4) is 0 Å². The van der Waals surface area contributed by atoms with E-state index in [0.29, 0.717) is 19.5 Å². The lowest BCUT2D eigenvalue weighted by Gasteiger charge is -2.20. The Hall–Kier alpha value is -1.59. The molecule has 1 heterocycles. The van der Waals surface area contributed by atoms with Gasteiger partial charge >= 0.3 is 0 Å². The first-order valence-corrected chi connectivity index (χ1v) is 7.89. The Balaban J connectivity index is 0.00000264. The number of amides is 2. The van der Waals surface area contributed by atoms with E-state index in [-0.39, 0.29) is 30.1 Å². The Kier molecular flexibility index (Phi) is 7.52. The van der Waals surface area contributed by atoms with Gasteiger partial charge in [0.15, 0.2) is 0 Å². The van der Waals surface area contributed by atoms with Crippen molar-refractivity contribution in [3.05, 3.63) is 29.3 Å². The molecule has 2 amide bonds. The minimum Gasteiger partial charge on any atom is -0.355 e. The van der Waals surface area contributed by atoms with E-state index in [1.54, 1.807) is 4.90 Å². The molecule has 128 valence electrons. The first kappa shape index (κ1) is 19.5. The van der Waals surface area contributed by atoms with Crippen LogP contribution in [0.3, 0.4) is 0 Å². The fraction of sp³-hybridized carbons (Fsp3) is 0.529. The third-order valence-corrected chi connectivity index (χ3v) is 4.21. The summed E-state index contributed by atoms with van der Waals surface area (Å²) in [6.45, 7) is 8.78. The van der Waals surface area contributed by atoms with Gasteiger partial charge in [0.1, 0.15) is 0 Å². The molecule has 0 radical (unpaired) electrons. The van der Waals surface area contributed by atoms with Crippen molar-refractivity contribution >= 4 is 29.9 Å². The molecule has 23 heavy (non-hydrogen) atoms. The van der Waals surface area contributed by atoms with E-state index in [1.165, 1.54) is 0 Å². The summed E-state index contributed by atoms with van der Waals surface area (Å²) in [6.07, 6.45) is 0.292. The second-order valence-corrected chi connectivity index (χ2v) is 5.77. The summed E-state index contributed by atoms with van der Waals surface area (Å²) in [6, 6.07) is 5.94. The van der Waals surface area contributed by atoms with Crippen LogP contribution in [0.25, 0.3) is 0 Å². The molecule has 5 nitrogen and oxygen atoms in total. The molecular formula is C17H26ClN3O2. The summed E-state index contributed by atoms with van der Waals surface area (Å²) in [5.74, 6) is -0.256. The lowest BCUT2D eigenvalue weighted by molar-refractivity contribution is -0.126. The predicted molar refractivity (Wildman–Crippen MR) is 95.2 cm³/mol. The minimum atomic E-state index is -0.256. The van der Waals surface area contributed by atoms with Crippen LogP contribution in [0.4, 0.5) is 5.69 Å². The van der Waals surface area contributed by atoms with E-state index in [2.05, 4.69) is 10.6 Å². The molecule has 0 aromatic heterocycles. The normalized spacial score (nSPS) is 17.1. The first-order valence-electron chi connectivity index (χ1n) is 7.89. The molecule has 1 aliphatic heterocycles. The fourth-order valence-electron chi connectivity index (χ4n) is 2.74. The maximum Gasteiger partial charge on any atom is 0.227 e. The number of rotatable bonds is 6. The molecule has 1 aromatic rings. The van der Waals surface area contributed by atoms with Gasteiger partial charge in [-0.05, 0) is 37.6 Å². The minimum absolute atomic E-state index is 0. The third kappa shape index (κ3) is 4.69. The van der Waals surface area contributed by atoms with Gasteiger partial charge in [-0.15, -0.1) is 12.4 Å². The summed E-state index contributed by atoms with van der Waals surface area (Å²) in [5, 5.41) is 6.06. The highest BCUT2D eigenvalue weighted by atomic mass is 35.5. The Morgan fingerprint density at radius 3 is 2.74 bits per heavy atom. The van der Waals surface area contributed by atoms with Crippen LogP contribution in [0.1, 0.15) is 24.5 Å². The average molecular weight is 340 g/mol. The van der Waals surface area contributed by atoms with Gasteiger partial charge in [-0.1, -0.05) is 19.1 Å². The van der Waals surface area contributed by atoms with Crippen LogP contribution in [-0.2, 0) is 9.59 Å². The highest BCUT2D eigenvalue weighted by Gasteiger charge is 2.35. The molecule has 1 fully saturated rings. The number of benzene rings is 1. The van der Waals surface area contributed by atoms with E-state index in [9.17, 15) is 9.59 Å². The highest BCUT2D eigenvalue weighted by molar-refractivity contribution is 6.00. The van der Waals surface area contributed by atoms with Crippen molar-refractivity contribution in [2.24, 2.45) is 5.92 Å². The molecule has 1 aromatic carbocycles. The third-order valence-electron chi connectivity index (χ3n) is 4.21. The van der Waals surface area contributed by atoms with E-state index < -0.39 is 0 Å². The SMILES string of the molecule is CCNCCNC(=O)C1CC(=O)N(c2cccc(C)c2C)C1.Cl. The summed E-state index contributed by atoms with van der Waals surface area (Å²) < 4.78 is 0. The first-order chi connectivity index (χ1) is 10.5. The quantitative estimate of drug-likeness (QED) is 0.777. The molecule has 1 saturated heterocycles. The van der Waals surface area contributed by atoms with Gasteiger partial charge in [0.25, 0.3) is 0 Å². The molecule has 0 aliphatic carbocycles. The van der Waals surface area contributed by atoms with Gasteiger partial charge in [-0.25, -0.2) is 0 Å². The van der Waals surface area contributed by atoms with E-state index in [1.807, 2.05) is 39.0 Å². The van der Waals surface area contributed by atoms with E-state index >= 15 is 0 Å². The zero-order valence-electron chi connectivity index (χ0n) is 14.0. The molecule has 1 unspecified atom stereocenters. The lowest BCUT2D eigenvalue weighted by Crippen LogP contribution is -2.37. The number of carbonyl (C=O) groups is 2. The van der Waals surface area contributed by atoms with Crippen LogP contribution < -0.4 is 15.5 Å². The maximum absolute atomic E-state index is 12.3. The van der Waals surface area contributed by atoms with Crippen molar-refractivity contribution in [2.75, 3.05) is 31.1 Å². The number of likely N-dealkylation sites (N-methyl/N-ethyl adjacent to an activating group) is 1. The molecule has 0 saturated carbocycles. The average Bonchev–Trinajstić information content (AvgIpc) is 2.88. The van der Waals surface area contributed by atoms with Crippen molar-refractivity contribution in [1.29, 1.82) is 0 Å². The lowest BCUT2D eigenvalue weighted by atomic mass is 10.1. The number of hydrogen-bond acceptors (Lipinski definition) is 3. The number of nitrogens with zero attached hydrogens (tertiary/aromatic N) is 1. The van der Waals surface area contributed by atoms with Crippen LogP contribution in [0.15, 0.2) is 18.2 Å². The summed E-state index contributed by atoms with van der Waals surface area (Å²) in [4.78, 5) is 26.2. The topological polar surface area (TPSA) is 61.4 Å². The molecule has 6 heteroatoms. The van der Waals surface area contributed by atoms with Crippen molar-refractivity contribution in [1.82, 2.24) is 10.6 Å². The summed E-state index contributed by atoms with van der Waals surface area (Å²) >= 11 is 0. The molecule has 0 bridgehead atoms. The van der Waals surface area contributed by atoms with Crippen LogP contribution in [0.2, 0.25) is 0 Å². The Bertz CT molecular complexity index is 563. The number of anilines is 1. The van der Waals surface area contributed by atoms with Crippen molar-refractivity contribution in [2.45, 2.75) is 27.2 Å². The Labute approximate surface area is 144 Å². The molecule has 0 spiro atoms. The van der Waals surface area contributed by atoms with Crippen LogP contribution in [0, 0.1) is 19.8 Å². The summed E-state index contributed by atoms with van der Waals surface area (Å²) in [5.41, 5.74) is 3.18. The number of nitrogens with one attached hydrogen (secondary N) is 2. The second-order valence-electron chi connectivity index (χ2n) is 5.77. The number of hydrogen-bond donors (Lipinski definition) is 2. The van der Waals surface area contributed by atoms with E-state index in [0.717, 1.165) is 29.9 Å². The van der Waals surface area contributed by atoms with Crippen LogP contribution in [0.5, 0.6) is 0 Å². The maximum atomic E-state index is 12.3. The standard InChI is InChI=1S/C17H25N3O2.ClH/c1-4-18-8-9-19-17(22)14-10-16(21)20(11-14)15-7-5-6-12(2)13(15)3;/h5-7,14,18H,4,8-11H2,1-3H3,(H,19,22);1H. The number of aryl methyl sites for hydroxylation is 1. The van der Waals surface area contributed by atoms with Gasteiger partial charge in [0.2, 0.25) is 11.8 Å². The number of halogens is 1.